The Morgan fingerprint density at radius 1 is 1.00 bits per heavy atom. The van der Waals surface area contributed by atoms with Gasteiger partial charge in [-0.2, -0.15) is 0 Å². The number of aromatic carboxylic acids is 1. The molecule has 25 heavy (non-hydrogen) atoms. The smallest absolute Gasteiger partial charge is 0.335 e. The summed E-state index contributed by atoms with van der Waals surface area (Å²) in [5, 5.41) is 9.16. The van der Waals surface area contributed by atoms with Gasteiger partial charge in [-0.1, -0.05) is 6.07 Å². The molecule has 1 N–H and O–H groups in total. The summed E-state index contributed by atoms with van der Waals surface area (Å²) in [6.07, 6.45) is 2.11. The minimum Gasteiger partial charge on any atom is -0.478 e. The van der Waals surface area contributed by atoms with Gasteiger partial charge < -0.3 is 19.6 Å². The van der Waals surface area contributed by atoms with Crippen LogP contribution in [0.4, 0.5) is 11.4 Å². The summed E-state index contributed by atoms with van der Waals surface area (Å²) < 4.78 is 5.73. The number of carbonyl (C=O) groups excluding carboxylic acids is 1. The molecule has 1 amide bonds. The average molecular weight is 338 g/mol. The van der Waals surface area contributed by atoms with Gasteiger partial charge >= 0.3 is 5.97 Å². The van der Waals surface area contributed by atoms with E-state index >= 15 is 0 Å². The second kappa shape index (κ2) is 6.12. The predicted molar refractivity (Wildman–Crippen MR) is 92.6 cm³/mol. The highest BCUT2D eigenvalue weighted by Gasteiger charge is 2.26. The molecule has 0 aromatic heterocycles. The molecule has 128 valence electrons. The van der Waals surface area contributed by atoms with Crippen LogP contribution in [0.15, 0.2) is 42.5 Å². The molecule has 0 atom stereocenters. The third kappa shape index (κ3) is 2.80. The lowest BCUT2D eigenvalue weighted by Gasteiger charge is -2.18. The number of ether oxygens (including phenoxy) is 1. The molecule has 6 nitrogen and oxygen atoms in total. The lowest BCUT2D eigenvalue weighted by molar-refractivity contribution is 0.0696. The number of likely N-dealkylation sites (tertiary alicyclic amines) is 1. The Kier molecular flexibility index (Phi) is 3.80. The standard InChI is InChI=1S/C19H18N2O4/c22-18(20-8-1-2-9-20)13-6-7-16-17(11-13)25-12-21(16)15-5-3-4-14(10-15)19(23)24/h3-7,10-11H,1-2,8-9,12H2,(H,23,24). The Morgan fingerprint density at radius 2 is 1.80 bits per heavy atom. The molecule has 1 fully saturated rings. The Bertz CT molecular complexity index is 843. The number of hydrogen-bond acceptors (Lipinski definition) is 4. The van der Waals surface area contributed by atoms with Crippen LogP contribution in [0.25, 0.3) is 0 Å². The van der Waals surface area contributed by atoms with Crippen molar-refractivity contribution in [3.8, 4) is 5.75 Å². The number of amides is 1. The van der Waals surface area contributed by atoms with E-state index in [4.69, 9.17) is 9.84 Å². The first kappa shape index (κ1) is 15.5. The van der Waals surface area contributed by atoms with Crippen molar-refractivity contribution in [3.63, 3.8) is 0 Å². The number of fused-ring (bicyclic) bond motifs is 1. The fourth-order valence-electron chi connectivity index (χ4n) is 3.31. The topological polar surface area (TPSA) is 70.1 Å². The molecule has 2 aliphatic rings. The number of carbonyl (C=O) groups is 2. The van der Waals surface area contributed by atoms with Crippen molar-refractivity contribution in [1.82, 2.24) is 4.90 Å². The van der Waals surface area contributed by atoms with E-state index < -0.39 is 5.97 Å². The van der Waals surface area contributed by atoms with E-state index in [2.05, 4.69) is 0 Å². The molecule has 0 bridgehead atoms. The zero-order valence-electron chi connectivity index (χ0n) is 13.6. The summed E-state index contributed by atoms with van der Waals surface area (Å²) in [6.45, 7) is 1.91. The Hall–Kier alpha value is -3.02. The van der Waals surface area contributed by atoms with Gasteiger partial charge in [-0.15, -0.1) is 0 Å². The van der Waals surface area contributed by atoms with Crippen molar-refractivity contribution < 1.29 is 19.4 Å². The maximum atomic E-state index is 12.5. The molecule has 2 aromatic rings. The minimum absolute atomic E-state index is 0.0372. The van der Waals surface area contributed by atoms with Crippen LogP contribution in [0.3, 0.4) is 0 Å². The molecule has 0 aliphatic carbocycles. The van der Waals surface area contributed by atoms with Crippen LogP contribution in [-0.4, -0.2) is 41.7 Å². The van der Waals surface area contributed by atoms with Crippen LogP contribution < -0.4 is 9.64 Å². The lowest BCUT2D eigenvalue weighted by atomic mass is 10.1. The fraction of sp³-hybridized carbons (Fsp3) is 0.263. The molecule has 0 radical (unpaired) electrons. The average Bonchev–Trinajstić information content (AvgIpc) is 3.30. The van der Waals surface area contributed by atoms with Gasteiger partial charge in [-0.25, -0.2) is 4.79 Å². The van der Waals surface area contributed by atoms with Crippen molar-refractivity contribution in [2.45, 2.75) is 12.8 Å². The Labute approximate surface area is 145 Å². The van der Waals surface area contributed by atoms with E-state index in [1.165, 1.54) is 0 Å². The van der Waals surface area contributed by atoms with Crippen molar-refractivity contribution in [1.29, 1.82) is 0 Å². The summed E-state index contributed by atoms with van der Waals surface area (Å²) >= 11 is 0. The van der Waals surface area contributed by atoms with Crippen molar-refractivity contribution in [2.24, 2.45) is 0 Å². The van der Waals surface area contributed by atoms with Crippen molar-refractivity contribution >= 4 is 23.3 Å². The number of anilines is 2. The third-order valence-corrected chi connectivity index (χ3v) is 4.64. The lowest BCUT2D eigenvalue weighted by Crippen LogP contribution is -2.27. The van der Waals surface area contributed by atoms with Crippen LogP contribution in [0.1, 0.15) is 33.6 Å². The molecule has 2 heterocycles. The quantitative estimate of drug-likeness (QED) is 0.931. The van der Waals surface area contributed by atoms with Gasteiger partial charge in [0.2, 0.25) is 0 Å². The Morgan fingerprint density at radius 3 is 2.56 bits per heavy atom. The molecule has 2 aromatic carbocycles. The van der Waals surface area contributed by atoms with Gasteiger partial charge in [0.25, 0.3) is 5.91 Å². The van der Waals surface area contributed by atoms with Gasteiger partial charge in [-0.3, -0.25) is 4.79 Å². The molecular formula is C19H18N2O4. The largest absolute Gasteiger partial charge is 0.478 e. The molecule has 1 saturated heterocycles. The first-order valence-corrected chi connectivity index (χ1v) is 8.30. The molecule has 0 unspecified atom stereocenters. The highest BCUT2D eigenvalue weighted by Crippen LogP contribution is 2.39. The highest BCUT2D eigenvalue weighted by molar-refractivity contribution is 5.96. The van der Waals surface area contributed by atoms with Gasteiger partial charge in [0, 0.05) is 24.3 Å². The molecule has 0 spiro atoms. The second-order valence-electron chi connectivity index (χ2n) is 6.24. The zero-order chi connectivity index (χ0) is 17.4. The monoisotopic (exact) mass is 338 g/mol. The van der Waals surface area contributed by atoms with E-state index in [0.717, 1.165) is 37.3 Å². The first-order valence-electron chi connectivity index (χ1n) is 8.30. The third-order valence-electron chi connectivity index (χ3n) is 4.64. The minimum atomic E-state index is -0.964. The SMILES string of the molecule is O=C(O)c1cccc(N2COc3cc(C(=O)N4CCCC4)ccc32)c1. The van der Waals surface area contributed by atoms with Crippen LogP contribution in [-0.2, 0) is 0 Å². The van der Waals surface area contributed by atoms with Crippen molar-refractivity contribution in [3.05, 3.63) is 53.6 Å². The van der Waals surface area contributed by atoms with Crippen molar-refractivity contribution in [2.75, 3.05) is 24.7 Å². The molecule has 0 saturated carbocycles. The van der Waals surface area contributed by atoms with Crippen LogP contribution in [0.2, 0.25) is 0 Å². The molecule has 2 aliphatic heterocycles. The molecule has 6 heteroatoms. The van der Waals surface area contributed by atoms with Crippen LogP contribution in [0.5, 0.6) is 5.75 Å². The Balaban J connectivity index is 1.62. The molecule has 4 rings (SSSR count). The van der Waals surface area contributed by atoms with E-state index in [-0.39, 0.29) is 11.5 Å². The summed E-state index contributed by atoms with van der Waals surface area (Å²) in [5.74, 6) is -0.283. The van der Waals surface area contributed by atoms with E-state index in [9.17, 15) is 9.59 Å². The van der Waals surface area contributed by atoms with E-state index in [1.54, 1.807) is 24.3 Å². The normalized spacial score (nSPS) is 15.8. The summed E-state index contributed by atoms with van der Waals surface area (Å²) in [4.78, 5) is 27.4. The fourth-order valence-corrected chi connectivity index (χ4v) is 3.31. The number of benzene rings is 2. The number of hydrogen-bond donors (Lipinski definition) is 1. The van der Waals surface area contributed by atoms with Gasteiger partial charge in [0.1, 0.15) is 5.75 Å². The summed E-state index contributed by atoms with van der Waals surface area (Å²) in [5.41, 5.74) is 2.44. The maximum absolute atomic E-state index is 12.5. The second-order valence-corrected chi connectivity index (χ2v) is 6.24. The first-order chi connectivity index (χ1) is 12.1. The van der Waals surface area contributed by atoms with Gasteiger partial charge in [0.05, 0.1) is 11.3 Å². The van der Waals surface area contributed by atoms with Gasteiger partial charge in [0.15, 0.2) is 6.73 Å². The number of rotatable bonds is 3. The number of carboxylic acids is 1. The summed E-state index contributed by atoms with van der Waals surface area (Å²) in [7, 11) is 0. The highest BCUT2D eigenvalue weighted by atomic mass is 16.5. The van der Waals surface area contributed by atoms with E-state index in [1.807, 2.05) is 28.0 Å². The number of nitrogens with zero attached hydrogens (tertiary/aromatic N) is 2. The maximum Gasteiger partial charge on any atom is 0.335 e. The predicted octanol–water partition coefficient (Wildman–Crippen LogP) is 3.11. The van der Waals surface area contributed by atoms with Crippen LogP contribution in [0, 0.1) is 0 Å². The summed E-state index contributed by atoms with van der Waals surface area (Å²) in [6, 6.07) is 12.2. The van der Waals surface area contributed by atoms with Crippen LogP contribution >= 0.6 is 0 Å². The van der Waals surface area contributed by atoms with E-state index in [0.29, 0.717) is 18.0 Å². The van der Waals surface area contributed by atoms with Gasteiger partial charge in [-0.05, 0) is 49.2 Å². The zero-order valence-corrected chi connectivity index (χ0v) is 13.6. The molecular weight excluding hydrogens is 320 g/mol. The number of carboxylic acid groups (broad SMARTS) is 1.